The van der Waals surface area contributed by atoms with Crippen LogP contribution < -0.4 is 5.32 Å². The van der Waals surface area contributed by atoms with Gasteiger partial charge in [0.2, 0.25) is 0 Å². The Hall–Kier alpha value is -1.81. The molecule has 4 heteroatoms. The minimum atomic E-state index is -0.0462. The Morgan fingerprint density at radius 3 is 2.79 bits per heavy atom. The van der Waals surface area contributed by atoms with E-state index < -0.39 is 0 Å². The van der Waals surface area contributed by atoms with Crippen molar-refractivity contribution < 1.29 is 9.21 Å². The molecule has 0 spiro atoms. The van der Waals surface area contributed by atoms with E-state index in [4.69, 9.17) is 4.42 Å². The average Bonchev–Trinajstić information content (AvgIpc) is 2.66. The summed E-state index contributed by atoms with van der Waals surface area (Å²) in [5, 5.41) is 3.95. The van der Waals surface area contributed by atoms with E-state index in [-0.39, 0.29) is 11.9 Å². The first kappa shape index (κ1) is 13.6. The van der Waals surface area contributed by atoms with Gasteiger partial charge in [-0.3, -0.25) is 4.79 Å². The number of carbonyl (C=O) groups excluding carboxylic acids is 1. The van der Waals surface area contributed by atoms with Crippen LogP contribution in [0.4, 0.5) is 0 Å². The Labute approximate surface area is 113 Å². The van der Waals surface area contributed by atoms with E-state index in [0.717, 1.165) is 23.3 Å². The van der Waals surface area contributed by atoms with Gasteiger partial charge < -0.3 is 14.6 Å². The number of nitrogens with one attached hydrogen (secondary N) is 1. The van der Waals surface area contributed by atoms with Crippen molar-refractivity contribution in [2.45, 2.75) is 19.9 Å². The maximum atomic E-state index is 12.1. The van der Waals surface area contributed by atoms with Gasteiger partial charge in [-0.25, -0.2) is 0 Å². The van der Waals surface area contributed by atoms with Crippen LogP contribution in [0.1, 0.15) is 23.0 Å². The van der Waals surface area contributed by atoms with Gasteiger partial charge in [-0.1, -0.05) is 0 Å². The summed E-state index contributed by atoms with van der Waals surface area (Å²) in [5.41, 5.74) is 1.48. The number of fused-ring (bicyclic) bond motifs is 1. The zero-order valence-corrected chi connectivity index (χ0v) is 11.9. The highest BCUT2D eigenvalue weighted by Crippen LogP contribution is 2.20. The fraction of sp³-hybridized carbons (Fsp3) is 0.400. The molecule has 0 bridgehead atoms. The molecule has 102 valence electrons. The number of carbonyl (C=O) groups is 1. The van der Waals surface area contributed by atoms with E-state index in [1.54, 1.807) is 6.07 Å². The average molecular weight is 260 g/mol. The highest BCUT2D eigenvalue weighted by Gasteiger charge is 2.11. The van der Waals surface area contributed by atoms with Crippen molar-refractivity contribution in [3.63, 3.8) is 0 Å². The van der Waals surface area contributed by atoms with Gasteiger partial charge in [0.05, 0.1) is 0 Å². The first-order valence-electron chi connectivity index (χ1n) is 6.41. The zero-order valence-electron chi connectivity index (χ0n) is 11.9. The van der Waals surface area contributed by atoms with Crippen molar-refractivity contribution in [2.24, 2.45) is 0 Å². The van der Waals surface area contributed by atoms with Gasteiger partial charge in [0.1, 0.15) is 11.3 Å². The predicted molar refractivity (Wildman–Crippen MR) is 76.4 cm³/mol. The monoisotopic (exact) mass is 260 g/mol. The summed E-state index contributed by atoms with van der Waals surface area (Å²) in [6, 6.07) is 7.56. The molecule has 1 unspecified atom stereocenters. The van der Waals surface area contributed by atoms with Crippen LogP contribution in [0, 0.1) is 6.92 Å². The first-order valence-corrected chi connectivity index (χ1v) is 6.41. The van der Waals surface area contributed by atoms with E-state index in [0.29, 0.717) is 5.56 Å². The molecule has 0 aliphatic carbocycles. The van der Waals surface area contributed by atoms with Gasteiger partial charge in [-0.05, 0) is 52.2 Å². The van der Waals surface area contributed by atoms with Crippen LogP contribution >= 0.6 is 0 Å². The molecule has 1 heterocycles. The quantitative estimate of drug-likeness (QED) is 0.918. The Morgan fingerprint density at radius 2 is 2.11 bits per heavy atom. The molecule has 0 saturated carbocycles. The standard InChI is InChI=1S/C15H20N2O2/c1-10(9-17(3)4)16-15(18)12-5-6-14-13(8-12)7-11(2)19-14/h5-8,10H,9H2,1-4H3,(H,16,18). The van der Waals surface area contributed by atoms with Gasteiger partial charge in [0, 0.05) is 23.5 Å². The van der Waals surface area contributed by atoms with Crippen LogP contribution in [0.15, 0.2) is 28.7 Å². The number of benzene rings is 1. The fourth-order valence-corrected chi connectivity index (χ4v) is 2.22. The van der Waals surface area contributed by atoms with E-state index in [1.165, 1.54) is 0 Å². The molecule has 1 N–H and O–H groups in total. The Kier molecular flexibility index (Phi) is 3.90. The Balaban J connectivity index is 2.12. The molecule has 1 amide bonds. The lowest BCUT2D eigenvalue weighted by Gasteiger charge is -2.18. The van der Waals surface area contributed by atoms with Crippen molar-refractivity contribution >= 4 is 16.9 Å². The zero-order chi connectivity index (χ0) is 14.0. The molecule has 1 atom stereocenters. The molecular weight excluding hydrogens is 240 g/mol. The minimum absolute atomic E-state index is 0.0462. The maximum Gasteiger partial charge on any atom is 0.251 e. The van der Waals surface area contributed by atoms with Crippen molar-refractivity contribution in [2.75, 3.05) is 20.6 Å². The van der Waals surface area contributed by atoms with Crippen LogP contribution in [-0.2, 0) is 0 Å². The SMILES string of the molecule is Cc1cc2cc(C(=O)NC(C)CN(C)C)ccc2o1. The van der Waals surface area contributed by atoms with Crippen LogP contribution in [0.2, 0.25) is 0 Å². The Morgan fingerprint density at radius 1 is 1.37 bits per heavy atom. The van der Waals surface area contributed by atoms with Crippen LogP contribution in [0.25, 0.3) is 11.0 Å². The predicted octanol–water partition coefficient (Wildman–Crippen LogP) is 2.42. The number of aryl methyl sites for hydroxylation is 1. The summed E-state index contributed by atoms with van der Waals surface area (Å²) in [6.45, 7) is 4.72. The van der Waals surface area contributed by atoms with Crippen molar-refractivity contribution in [3.8, 4) is 0 Å². The Bertz CT molecular complexity index is 587. The number of amides is 1. The second kappa shape index (κ2) is 5.45. The molecule has 0 saturated heterocycles. The normalized spacial score (nSPS) is 12.9. The van der Waals surface area contributed by atoms with Crippen LogP contribution in [-0.4, -0.2) is 37.5 Å². The molecule has 1 aromatic carbocycles. The number of nitrogens with zero attached hydrogens (tertiary/aromatic N) is 1. The molecule has 2 aromatic rings. The molecule has 0 aliphatic heterocycles. The molecule has 19 heavy (non-hydrogen) atoms. The highest BCUT2D eigenvalue weighted by molar-refractivity contribution is 5.97. The lowest BCUT2D eigenvalue weighted by Crippen LogP contribution is -2.39. The smallest absolute Gasteiger partial charge is 0.251 e. The maximum absolute atomic E-state index is 12.1. The lowest BCUT2D eigenvalue weighted by molar-refractivity contribution is 0.0934. The minimum Gasteiger partial charge on any atom is -0.461 e. The van der Waals surface area contributed by atoms with Crippen molar-refractivity contribution in [3.05, 3.63) is 35.6 Å². The lowest BCUT2D eigenvalue weighted by atomic mass is 10.1. The molecule has 0 fully saturated rings. The van der Waals surface area contributed by atoms with Gasteiger partial charge in [-0.2, -0.15) is 0 Å². The third-order valence-corrected chi connectivity index (χ3v) is 2.92. The molecular formula is C15H20N2O2. The van der Waals surface area contributed by atoms with Gasteiger partial charge in [0.15, 0.2) is 0 Å². The summed E-state index contributed by atoms with van der Waals surface area (Å²) >= 11 is 0. The molecule has 0 radical (unpaired) electrons. The van der Waals surface area contributed by atoms with E-state index in [9.17, 15) is 4.79 Å². The number of hydrogen-bond acceptors (Lipinski definition) is 3. The second-order valence-corrected chi connectivity index (χ2v) is 5.25. The topological polar surface area (TPSA) is 45.5 Å². The molecule has 0 aliphatic rings. The summed E-state index contributed by atoms with van der Waals surface area (Å²) in [6.07, 6.45) is 0. The second-order valence-electron chi connectivity index (χ2n) is 5.25. The largest absolute Gasteiger partial charge is 0.461 e. The van der Waals surface area contributed by atoms with Crippen LogP contribution in [0.5, 0.6) is 0 Å². The molecule has 1 aromatic heterocycles. The fourth-order valence-electron chi connectivity index (χ4n) is 2.22. The molecule has 4 nitrogen and oxygen atoms in total. The molecule has 2 rings (SSSR count). The first-order chi connectivity index (χ1) is 8.95. The summed E-state index contributed by atoms with van der Waals surface area (Å²) in [4.78, 5) is 14.2. The number of rotatable bonds is 4. The third kappa shape index (κ3) is 3.35. The summed E-state index contributed by atoms with van der Waals surface area (Å²) < 4.78 is 5.50. The number of hydrogen-bond donors (Lipinski definition) is 1. The van der Waals surface area contributed by atoms with Gasteiger partial charge >= 0.3 is 0 Å². The highest BCUT2D eigenvalue weighted by atomic mass is 16.3. The van der Waals surface area contributed by atoms with Crippen LogP contribution in [0.3, 0.4) is 0 Å². The van der Waals surface area contributed by atoms with E-state index in [2.05, 4.69) is 5.32 Å². The number of furan rings is 1. The van der Waals surface area contributed by atoms with Crippen molar-refractivity contribution in [1.29, 1.82) is 0 Å². The van der Waals surface area contributed by atoms with E-state index in [1.807, 2.05) is 51.0 Å². The third-order valence-electron chi connectivity index (χ3n) is 2.92. The van der Waals surface area contributed by atoms with Gasteiger partial charge in [0.25, 0.3) is 5.91 Å². The number of likely N-dealkylation sites (N-methyl/N-ethyl adjacent to an activating group) is 1. The van der Waals surface area contributed by atoms with Crippen molar-refractivity contribution in [1.82, 2.24) is 10.2 Å². The summed E-state index contributed by atoms with van der Waals surface area (Å²) in [5.74, 6) is 0.809. The summed E-state index contributed by atoms with van der Waals surface area (Å²) in [7, 11) is 3.98. The van der Waals surface area contributed by atoms with E-state index >= 15 is 0 Å². The van der Waals surface area contributed by atoms with Gasteiger partial charge in [-0.15, -0.1) is 0 Å².